The molecule has 0 spiro atoms. The number of aliphatic hydroxyl groups is 1. The molecule has 114 valence electrons. The molecule has 0 saturated heterocycles. The van der Waals surface area contributed by atoms with Gasteiger partial charge in [0.1, 0.15) is 19.3 Å². The number of quaternary nitrogens is 1. The van der Waals surface area contributed by atoms with E-state index in [0.717, 1.165) is 6.42 Å². The fourth-order valence-corrected chi connectivity index (χ4v) is 2.20. The number of rotatable bonds is 10. The minimum atomic E-state index is -4.15. The smallest absolute Gasteiger partial charge is 0.137 e. The van der Waals surface area contributed by atoms with Gasteiger partial charge in [0.15, 0.2) is 0 Å². The van der Waals surface area contributed by atoms with E-state index < -0.39 is 16.2 Å². The summed E-state index contributed by atoms with van der Waals surface area (Å²) in [6, 6.07) is 0. The highest BCUT2D eigenvalue weighted by molar-refractivity contribution is 7.85. The minimum Gasteiger partial charge on any atom is -0.748 e. The SMILES string of the molecule is CCC=COCC(O)C[N+](C)(C)CCCS(=O)(=O)[O-]. The number of likely N-dealkylation sites (N-methyl/N-ethyl adjacent to an activating group) is 1. The highest BCUT2D eigenvalue weighted by Gasteiger charge is 2.20. The second-order valence-corrected chi connectivity index (χ2v) is 6.75. The monoisotopic (exact) mass is 295 g/mol. The van der Waals surface area contributed by atoms with Crippen LogP contribution in [-0.4, -0.2) is 68.2 Å². The molecule has 0 fully saturated rings. The Labute approximate surface area is 116 Å². The number of aliphatic hydroxyl groups excluding tert-OH is 1. The van der Waals surface area contributed by atoms with E-state index in [-0.39, 0.29) is 12.4 Å². The molecule has 7 heteroatoms. The molecule has 1 atom stereocenters. The summed E-state index contributed by atoms with van der Waals surface area (Å²) in [6.07, 6.45) is 3.96. The lowest BCUT2D eigenvalue weighted by Gasteiger charge is -2.31. The molecule has 0 aromatic carbocycles. The highest BCUT2D eigenvalue weighted by Crippen LogP contribution is 2.04. The Hall–Kier alpha value is -0.630. The molecule has 0 radical (unpaired) electrons. The van der Waals surface area contributed by atoms with E-state index in [1.165, 1.54) is 0 Å². The van der Waals surface area contributed by atoms with Gasteiger partial charge in [0.2, 0.25) is 0 Å². The van der Waals surface area contributed by atoms with Crippen LogP contribution in [0.2, 0.25) is 0 Å². The van der Waals surface area contributed by atoms with E-state index in [2.05, 4.69) is 0 Å². The Morgan fingerprint density at radius 3 is 2.58 bits per heavy atom. The second-order valence-electron chi connectivity index (χ2n) is 5.22. The summed E-state index contributed by atoms with van der Waals surface area (Å²) in [5, 5.41) is 9.79. The molecule has 0 bridgehead atoms. The van der Waals surface area contributed by atoms with Gasteiger partial charge in [-0.2, -0.15) is 0 Å². The van der Waals surface area contributed by atoms with Crippen LogP contribution in [-0.2, 0) is 14.9 Å². The molecular weight excluding hydrogens is 270 g/mol. The number of ether oxygens (including phenoxy) is 1. The normalized spacial score (nSPS) is 14.8. The first-order chi connectivity index (χ1) is 8.66. The topological polar surface area (TPSA) is 86.7 Å². The summed E-state index contributed by atoms with van der Waals surface area (Å²) in [7, 11) is -0.397. The molecule has 0 aromatic rings. The Kier molecular flexibility index (Phi) is 8.24. The van der Waals surface area contributed by atoms with Crippen LogP contribution in [0, 0.1) is 0 Å². The maximum atomic E-state index is 10.5. The summed E-state index contributed by atoms with van der Waals surface area (Å²) in [4.78, 5) is 0. The van der Waals surface area contributed by atoms with Crippen LogP contribution in [0.3, 0.4) is 0 Å². The molecule has 0 heterocycles. The summed E-state index contributed by atoms with van der Waals surface area (Å²) < 4.78 is 37.1. The van der Waals surface area contributed by atoms with Gasteiger partial charge in [-0.05, 0) is 6.42 Å². The maximum absolute atomic E-state index is 10.5. The van der Waals surface area contributed by atoms with Crippen molar-refractivity contribution in [2.24, 2.45) is 0 Å². The molecule has 0 amide bonds. The molecular formula is C12H25NO5S. The van der Waals surface area contributed by atoms with Gasteiger partial charge < -0.3 is 18.9 Å². The Morgan fingerprint density at radius 2 is 2.05 bits per heavy atom. The molecule has 0 saturated carbocycles. The number of nitrogens with zero attached hydrogens (tertiary/aromatic N) is 1. The highest BCUT2D eigenvalue weighted by atomic mass is 32.2. The first-order valence-electron chi connectivity index (χ1n) is 6.36. The fourth-order valence-electron chi connectivity index (χ4n) is 1.71. The van der Waals surface area contributed by atoms with Gasteiger partial charge in [-0.25, -0.2) is 8.42 Å². The molecule has 0 aliphatic carbocycles. The Balaban J connectivity index is 3.96. The van der Waals surface area contributed by atoms with Crippen LogP contribution in [0.1, 0.15) is 19.8 Å². The number of hydrogen-bond acceptors (Lipinski definition) is 5. The molecule has 0 rings (SSSR count). The van der Waals surface area contributed by atoms with E-state index in [1.807, 2.05) is 27.1 Å². The van der Waals surface area contributed by atoms with Gasteiger partial charge in [0.05, 0.1) is 37.0 Å². The zero-order chi connectivity index (χ0) is 14.9. The first kappa shape index (κ1) is 18.4. The summed E-state index contributed by atoms with van der Waals surface area (Å²) >= 11 is 0. The maximum Gasteiger partial charge on any atom is 0.137 e. The summed E-state index contributed by atoms with van der Waals surface area (Å²) in [5.41, 5.74) is 0. The quantitative estimate of drug-likeness (QED) is 0.356. The van der Waals surface area contributed by atoms with Gasteiger partial charge in [0.25, 0.3) is 0 Å². The van der Waals surface area contributed by atoms with Crippen LogP contribution in [0.25, 0.3) is 0 Å². The second kappa shape index (κ2) is 8.52. The molecule has 19 heavy (non-hydrogen) atoms. The van der Waals surface area contributed by atoms with Gasteiger partial charge in [-0.1, -0.05) is 13.0 Å². The number of allylic oxidation sites excluding steroid dienone is 1. The first-order valence-corrected chi connectivity index (χ1v) is 7.94. The van der Waals surface area contributed by atoms with Crippen molar-refractivity contribution in [3.8, 4) is 0 Å². The van der Waals surface area contributed by atoms with Crippen LogP contribution in [0.5, 0.6) is 0 Å². The summed E-state index contributed by atoms with van der Waals surface area (Å²) in [6.45, 7) is 3.15. The predicted octanol–water partition coefficient (Wildman–Crippen LogP) is 0.299. The Bertz CT molecular complexity index is 364. The van der Waals surface area contributed by atoms with E-state index in [4.69, 9.17) is 4.74 Å². The standard InChI is InChI=1S/C12H25NO5S/c1-4-5-8-18-11-12(14)10-13(2,3)7-6-9-19(15,16)17/h5,8,12,14H,4,6-7,9-11H2,1-3H3. The average Bonchev–Trinajstić information content (AvgIpc) is 2.21. The molecule has 0 aliphatic rings. The van der Waals surface area contributed by atoms with Crippen LogP contribution in [0.15, 0.2) is 12.3 Å². The van der Waals surface area contributed by atoms with Gasteiger partial charge in [-0.15, -0.1) is 0 Å². The molecule has 1 N–H and O–H groups in total. The largest absolute Gasteiger partial charge is 0.748 e. The van der Waals surface area contributed by atoms with E-state index in [1.54, 1.807) is 6.26 Å². The van der Waals surface area contributed by atoms with Gasteiger partial charge >= 0.3 is 0 Å². The molecule has 6 nitrogen and oxygen atoms in total. The minimum absolute atomic E-state index is 0.206. The lowest BCUT2D eigenvalue weighted by Crippen LogP contribution is -2.47. The van der Waals surface area contributed by atoms with Crippen molar-refractivity contribution in [1.82, 2.24) is 0 Å². The van der Waals surface area contributed by atoms with Crippen molar-refractivity contribution in [2.45, 2.75) is 25.9 Å². The Morgan fingerprint density at radius 1 is 1.42 bits per heavy atom. The third kappa shape index (κ3) is 12.2. The van der Waals surface area contributed by atoms with Crippen LogP contribution >= 0.6 is 0 Å². The zero-order valence-electron chi connectivity index (χ0n) is 11.9. The fraction of sp³-hybridized carbons (Fsp3) is 0.833. The van der Waals surface area contributed by atoms with E-state index in [0.29, 0.717) is 24.0 Å². The lowest BCUT2D eigenvalue weighted by molar-refractivity contribution is -0.893. The number of hydrogen-bond donors (Lipinski definition) is 1. The van der Waals surface area contributed by atoms with Crippen molar-refractivity contribution in [2.75, 3.05) is 39.5 Å². The van der Waals surface area contributed by atoms with Crippen molar-refractivity contribution in [3.05, 3.63) is 12.3 Å². The average molecular weight is 295 g/mol. The van der Waals surface area contributed by atoms with E-state index >= 15 is 0 Å². The van der Waals surface area contributed by atoms with Crippen molar-refractivity contribution < 1.29 is 27.3 Å². The van der Waals surface area contributed by atoms with Gasteiger partial charge in [-0.3, -0.25) is 0 Å². The van der Waals surface area contributed by atoms with Crippen molar-refractivity contribution in [3.63, 3.8) is 0 Å². The summed E-state index contributed by atoms with van der Waals surface area (Å²) in [5.74, 6) is -0.361. The third-order valence-corrected chi connectivity index (χ3v) is 3.37. The van der Waals surface area contributed by atoms with Gasteiger partial charge in [0, 0.05) is 12.2 Å². The zero-order valence-corrected chi connectivity index (χ0v) is 12.7. The van der Waals surface area contributed by atoms with Crippen LogP contribution in [0.4, 0.5) is 0 Å². The van der Waals surface area contributed by atoms with Crippen molar-refractivity contribution >= 4 is 10.1 Å². The third-order valence-electron chi connectivity index (χ3n) is 2.58. The predicted molar refractivity (Wildman–Crippen MR) is 72.4 cm³/mol. The van der Waals surface area contributed by atoms with E-state index in [9.17, 15) is 18.1 Å². The lowest BCUT2D eigenvalue weighted by atomic mass is 10.3. The molecule has 0 aromatic heterocycles. The molecule has 1 unspecified atom stereocenters. The van der Waals surface area contributed by atoms with Crippen molar-refractivity contribution in [1.29, 1.82) is 0 Å². The van der Waals surface area contributed by atoms with Crippen LogP contribution < -0.4 is 0 Å². The molecule has 0 aliphatic heterocycles.